The summed E-state index contributed by atoms with van der Waals surface area (Å²) < 4.78 is 36.9. The highest BCUT2D eigenvalue weighted by molar-refractivity contribution is 7.87. The Bertz CT molecular complexity index is 1270. The topological polar surface area (TPSA) is 79.4 Å². The number of ether oxygens (including phenoxy) is 1. The maximum atomic E-state index is 13.0. The summed E-state index contributed by atoms with van der Waals surface area (Å²) >= 11 is 13.0. The normalized spacial score (nSPS) is 20.8. The van der Waals surface area contributed by atoms with Gasteiger partial charge in [-0.05, 0) is 74.4 Å². The number of thiophene rings is 1. The number of morpholine rings is 1. The minimum Gasteiger partial charge on any atom is -0.379 e. The van der Waals surface area contributed by atoms with Gasteiger partial charge in [0.15, 0.2) is 0 Å². The molecule has 12 heteroatoms. The third kappa shape index (κ3) is 6.68. The molecule has 1 aromatic heterocycles. The zero-order chi connectivity index (χ0) is 27.6. The van der Waals surface area contributed by atoms with E-state index in [9.17, 15) is 13.2 Å². The molecule has 0 saturated carbocycles. The quantitative estimate of drug-likeness (QED) is 0.393. The van der Waals surface area contributed by atoms with Crippen LogP contribution in [0.5, 0.6) is 5.75 Å². The molecule has 1 unspecified atom stereocenters. The first-order chi connectivity index (χ1) is 18.7. The molecular formula is C27H35Cl2N3O5S2. The lowest BCUT2D eigenvalue weighted by Crippen LogP contribution is -2.54. The molecule has 1 aliphatic carbocycles. The fraction of sp³-hybridized carbons (Fsp3) is 0.593. The third-order valence-electron chi connectivity index (χ3n) is 7.92. The molecule has 0 radical (unpaired) electrons. The molecule has 0 spiro atoms. The summed E-state index contributed by atoms with van der Waals surface area (Å²) in [6, 6.07) is 7.78. The molecule has 3 aliphatic rings. The van der Waals surface area contributed by atoms with E-state index in [-0.39, 0.29) is 21.0 Å². The van der Waals surface area contributed by atoms with E-state index in [0.717, 1.165) is 75.1 Å². The molecule has 2 fully saturated rings. The average molecular weight is 617 g/mol. The number of hydrogen-bond donors (Lipinski definition) is 0. The van der Waals surface area contributed by atoms with Gasteiger partial charge in [0.1, 0.15) is 15.0 Å². The zero-order valence-corrected chi connectivity index (χ0v) is 25.3. The van der Waals surface area contributed by atoms with E-state index in [1.54, 1.807) is 6.07 Å². The third-order valence-corrected chi connectivity index (χ3v) is 10.9. The molecular weight excluding hydrogens is 581 g/mol. The van der Waals surface area contributed by atoms with Gasteiger partial charge in [0.2, 0.25) is 0 Å². The maximum absolute atomic E-state index is 13.0. The lowest BCUT2D eigenvalue weighted by Gasteiger charge is -2.44. The van der Waals surface area contributed by atoms with Crippen molar-refractivity contribution in [1.82, 2.24) is 14.7 Å². The summed E-state index contributed by atoms with van der Waals surface area (Å²) in [5.41, 5.74) is 2.35. The molecule has 39 heavy (non-hydrogen) atoms. The number of halogens is 2. The number of rotatable bonds is 7. The molecule has 1 atom stereocenters. The Kier molecular flexibility index (Phi) is 9.30. The SMILES string of the molecule is CCCN(C1CCN(C(=O)N2CCOCC2)CC1)C1CCc2ccc(OS(=O)(=O)c3cc(Cl)sc3Cl)cc2C1. The molecule has 2 aromatic rings. The van der Waals surface area contributed by atoms with Crippen molar-refractivity contribution in [3.05, 3.63) is 44.1 Å². The number of likely N-dealkylation sites (tertiary alicyclic amines) is 1. The number of piperidine rings is 1. The van der Waals surface area contributed by atoms with Crippen LogP contribution < -0.4 is 4.18 Å². The van der Waals surface area contributed by atoms with Crippen molar-refractivity contribution in [2.24, 2.45) is 0 Å². The molecule has 0 bridgehead atoms. The van der Waals surface area contributed by atoms with Crippen molar-refractivity contribution in [3.63, 3.8) is 0 Å². The highest BCUT2D eigenvalue weighted by Gasteiger charge is 2.34. The predicted octanol–water partition coefficient (Wildman–Crippen LogP) is 5.31. The van der Waals surface area contributed by atoms with Crippen LogP contribution in [0, 0.1) is 0 Å². The van der Waals surface area contributed by atoms with E-state index in [1.165, 1.54) is 11.6 Å². The summed E-state index contributed by atoms with van der Waals surface area (Å²) in [5.74, 6) is 0.282. The van der Waals surface area contributed by atoms with Gasteiger partial charge in [0, 0.05) is 38.3 Å². The van der Waals surface area contributed by atoms with Gasteiger partial charge in [0.05, 0.1) is 17.6 Å². The molecule has 0 N–H and O–H groups in total. The van der Waals surface area contributed by atoms with Crippen LogP contribution >= 0.6 is 34.5 Å². The van der Waals surface area contributed by atoms with Gasteiger partial charge < -0.3 is 18.7 Å². The number of fused-ring (bicyclic) bond motifs is 1. The van der Waals surface area contributed by atoms with Crippen LogP contribution in [0.25, 0.3) is 0 Å². The van der Waals surface area contributed by atoms with Crippen LogP contribution in [0.15, 0.2) is 29.2 Å². The Morgan fingerprint density at radius 2 is 1.77 bits per heavy atom. The van der Waals surface area contributed by atoms with Crippen LogP contribution in [0.3, 0.4) is 0 Å². The van der Waals surface area contributed by atoms with Gasteiger partial charge >= 0.3 is 16.1 Å². The number of nitrogens with zero attached hydrogens (tertiary/aromatic N) is 3. The molecule has 3 heterocycles. The highest BCUT2D eigenvalue weighted by atomic mass is 35.5. The number of hydrogen-bond acceptors (Lipinski definition) is 7. The molecule has 5 rings (SSSR count). The van der Waals surface area contributed by atoms with E-state index in [2.05, 4.69) is 11.8 Å². The molecule has 2 saturated heterocycles. The zero-order valence-electron chi connectivity index (χ0n) is 22.1. The van der Waals surface area contributed by atoms with Crippen molar-refractivity contribution in [3.8, 4) is 5.75 Å². The molecule has 8 nitrogen and oxygen atoms in total. The first kappa shape index (κ1) is 29.0. The highest BCUT2D eigenvalue weighted by Crippen LogP contribution is 2.36. The Morgan fingerprint density at radius 1 is 1.05 bits per heavy atom. The molecule has 214 valence electrons. The minimum absolute atomic E-state index is 0.0888. The summed E-state index contributed by atoms with van der Waals surface area (Å²) in [5, 5.41) is 0. The Labute approximate surface area is 244 Å². The average Bonchev–Trinajstić information content (AvgIpc) is 3.30. The van der Waals surface area contributed by atoms with E-state index < -0.39 is 10.1 Å². The van der Waals surface area contributed by atoms with Crippen LogP contribution in [0.4, 0.5) is 4.79 Å². The predicted molar refractivity (Wildman–Crippen MR) is 154 cm³/mol. The fourth-order valence-electron chi connectivity index (χ4n) is 5.98. The van der Waals surface area contributed by atoms with Gasteiger partial charge in [-0.3, -0.25) is 4.90 Å². The number of amides is 2. The smallest absolute Gasteiger partial charge is 0.341 e. The van der Waals surface area contributed by atoms with Crippen molar-refractivity contribution in [2.75, 3.05) is 45.9 Å². The largest absolute Gasteiger partial charge is 0.379 e. The molecule has 1 aromatic carbocycles. The fourth-order valence-corrected chi connectivity index (χ4v) is 9.01. The Balaban J connectivity index is 1.24. The number of urea groups is 1. The van der Waals surface area contributed by atoms with Gasteiger partial charge in [-0.25, -0.2) is 4.79 Å². The van der Waals surface area contributed by atoms with Crippen LogP contribution in [-0.2, 0) is 27.7 Å². The van der Waals surface area contributed by atoms with Crippen molar-refractivity contribution in [1.29, 1.82) is 0 Å². The summed E-state index contributed by atoms with van der Waals surface area (Å²) in [6.45, 7) is 7.33. The second kappa shape index (κ2) is 12.5. The van der Waals surface area contributed by atoms with Crippen LogP contribution in [0.2, 0.25) is 8.67 Å². The minimum atomic E-state index is -4.08. The van der Waals surface area contributed by atoms with Crippen molar-refractivity contribution >= 4 is 50.7 Å². The van der Waals surface area contributed by atoms with Gasteiger partial charge in [-0.15, -0.1) is 11.3 Å². The van der Waals surface area contributed by atoms with Crippen LogP contribution in [0.1, 0.15) is 43.7 Å². The van der Waals surface area contributed by atoms with Gasteiger partial charge in [-0.1, -0.05) is 36.2 Å². The second-order valence-corrected chi connectivity index (χ2v) is 14.2. The van der Waals surface area contributed by atoms with Crippen molar-refractivity contribution < 1.29 is 22.1 Å². The Morgan fingerprint density at radius 3 is 2.44 bits per heavy atom. The van der Waals surface area contributed by atoms with Crippen LogP contribution in [-0.4, -0.2) is 87.2 Å². The standard InChI is InChI=1S/C27H35Cl2N3O5S2/c1-2-9-32(21-7-10-30(11-8-21)27(33)31-12-14-36-15-13-31)22-5-3-19-4-6-23(17-20(19)16-22)37-39(34,35)24-18-25(28)38-26(24)29/h4,6,17-18,21-22H,2-3,5,7-16H2,1H3. The Hall–Kier alpha value is -1.56. The number of aryl methyl sites for hydroxylation is 1. The first-order valence-electron chi connectivity index (χ1n) is 13.6. The monoisotopic (exact) mass is 615 g/mol. The number of carbonyl (C=O) groups excluding carboxylic acids is 1. The number of carbonyl (C=O) groups is 1. The van der Waals surface area contributed by atoms with E-state index in [4.69, 9.17) is 32.1 Å². The van der Waals surface area contributed by atoms with E-state index in [1.807, 2.05) is 21.9 Å². The lowest BCUT2D eigenvalue weighted by molar-refractivity contribution is 0.0330. The van der Waals surface area contributed by atoms with E-state index >= 15 is 0 Å². The van der Waals surface area contributed by atoms with Gasteiger partial charge in [0.25, 0.3) is 0 Å². The summed E-state index contributed by atoms with van der Waals surface area (Å²) in [7, 11) is -4.08. The van der Waals surface area contributed by atoms with Crippen molar-refractivity contribution in [2.45, 2.75) is 62.4 Å². The summed E-state index contributed by atoms with van der Waals surface area (Å²) in [4.78, 5) is 19.4. The summed E-state index contributed by atoms with van der Waals surface area (Å²) in [6.07, 6.45) is 5.82. The lowest BCUT2D eigenvalue weighted by atomic mass is 9.86. The maximum Gasteiger partial charge on any atom is 0.341 e. The van der Waals surface area contributed by atoms with Gasteiger partial charge in [-0.2, -0.15) is 8.42 Å². The molecule has 2 aliphatic heterocycles. The first-order valence-corrected chi connectivity index (χ1v) is 16.6. The second-order valence-electron chi connectivity index (χ2n) is 10.4. The number of benzene rings is 1. The molecule has 2 amide bonds. The van der Waals surface area contributed by atoms with E-state index in [0.29, 0.717) is 42.7 Å².